The van der Waals surface area contributed by atoms with Gasteiger partial charge in [-0.25, -0.2) is 0 Å². The smallest absolute Gasteiger partial charge is 0.225 e. The molecular formula is C21H31N5O2Si. The summed E-state index contributed by atoms with van der Waals surface area (Å²) >= 11 is 0. The molecule has 156 valence electrons. The number of nitrogens with two attached hydrogens (primary N) is 1. The number of aromatic amines is 1. The van der Waals surface area contributed by atoms with Crippen molar-refractivity contribution in [3.05, 3.63) is 24.4 Å². The van der Waals surface area contributed by atoms with Crippen molar-refractivity contribution in [1.29, 1.82) is 0 Å². The van der Waals surface area contributed by atoms with E-state index in [-0.39, 0.29) is 16.9 Å². The largest absolute Gasteiger partial charge is 0.417 e. The highest BCUT2D eigenvalue weighted by Crippen LogP contribution is 2.36. The molecule has 8 heteroatoms. The quantitative estimate of drug-likeness (QED) is 0.380. The maximum Gasteiger partial charge on any atom is 0.225 e. The number of nitrogen functional groups attached to an aromatic ring is 1. The fourth-order valence-corrected chi connectivity index (χ4v) is 4.09. The van der Waals surface area contributed by atoms with Gasteiger partial charge in [-0.3, -0.25) is 9.78 Å². The Morgan fingerprint density at radius 2 is 2.00 bits per heavy atom. The number of nitrogens with one attached hydrogen (secondary N) is 2. The molecule has 0 spiro atoms. The Hall–Kier alpha value is -2.45. The fraction of sp³-hybridized carbons (Fsp3) is 0.476. The van der Waals surface area contributed by atoms with Crippen LogP contribution in [0.15, 0.2) is 24.4 Å². The summed E-state index contributed by atoms with van der Waals surface area (Å²) in [6.07, 6.45) is 3.78. The number of unbranched alkanes of at least 4 members (excludes halogenated alkanes) is 1. The van der Waals surface area contributed by atoms with Gasteiger partial charge in [-0.1, -0.05) is 20.8 Å². The van der Waals surface area contributed by atoms with Crippen LogP contribution < -0.4 is 11.1 Å². The SMILES string of the molecule is CC(C)(C)[Si](C)(C)OCCCCC(=O)Nc1nc(N)[nH]c2ccc3nccc3c12. The van der Waals surface area contributed by atoms with E-state index < -0.39 is 8.32 Å². The molecule has 2 heterocycles. The molecule has 0 radical (unpaired) electrons. The van der Waals surface area contributed by atoms with E-state index in [9.17, 15) is 4.79 Å². The third-order valence-electron chi connectivity index (χ3n) is 5.73. The van der Waals surface area contributed by atoms with Crippen LogP contribution in [-0.4, -0.2) is 35.8 Å². The first-order chi connectivity index (χ1) is 13.6. The van der Waals surface area contributed by atoms with Gasteiger partial charge in [-0.05, 0) is 49.2 Å². The normalized spacial score (nSPS) is 12.6. The number of benzene rings is 1. The third kappa shape index (κ3) is 4.76. The van der Waals surface area contributed by atoms with Gasteiger partial charge in [0, 0.05) is 24.6 Å². The lowest BCUT2D eigenvalue weighted by molar-refractivity contribution is -0.116. The van der Waals surface area contributed by atoms with Gasteiger partial charge >= 0.3 is 0 Å². The van der Waals surface area contributed by atoms with Crippen LogP contribution >= 0.6 is 0 Å². The van der Waals surface area contributed by atoms with E-state index in [4.69, 9.17) is 10.2 Å². The lowest BCUT2D eigenvalue weighted by Gasteiger charge is -2.36. The van der Waals surface area contributed by atoms with Crippen LogP contribution in [0.5, 0.6) is 0 Å². The van der Waals surface area contributed by atoms with Crippen molar-refractivity contribution in [2.45, 2.75) is 58.2 Å². The van der Waals surface area contributed by atoms with Crippen LogP contribution in [0.2, 0.25) is 18.1 Å². The first-order valence-electron chi connectivity index (χ1n) is 10.1. The summed E-state index contributed by atoms with van der Waals surface area (Å²) in [4.78, 5) is 24.2. The van der Waals surface area contributed by atoms with Gasteiger partial charge in [0.05, 0.1) is 16.4 Å². The van der Waals surface area contributed by atoms with Gasteiger partial charge in [0.15, 0.2) is 14.3 Å². The van der Waals surface area contributed by atoms with Crippen molar-refractivity contribution in [3.8, 4) is 0 Å². The number of nitrogens with zero attached hydrogens (tertiary/aromatic N) is 2. The summed E-state index contributed by atoms with van der Waals surface area (Å²) in [7, 11) is -1.73. The monoisotopic (exact) mass is 413 g/mol. The molecule has 2 aromatic heterocycles. The summed E-state index contributed by atoms with van der Waals surface area (Å²) in [5.41, 5.74) is 7.56. The lowest BCUT2D eigenvalue weighted by atomic mass is 10.1. The van der Waals surface area contributed by atoms with Crippen LogP contribution in [-0.2, 0) is 9.22 Å². The molecule has 0 saturated carbocycles. The molecule has 4 N–H and O–H groups in total. The molecule has 1 aromatic carbocycles. The van der Waals surface area contributed by atoms with Crippen molar-refractivity contribution in [3.63, 3.8) is 0 Å². The topological polar surface area (TPSA) is 106 Å². The number of H-pyrrole nitrogens is 1. The number of carbonyl (C=O) groups is 1. The zero-order valence-electron chi connectivity index (χ0n) is 17.9. The first kappa shape index (κ1) is 21.3. The fourth-order valence-electron chi connectivity index (χ4n) is 3.00. The van der Waals surface area contributed by atoms with E-state index >= 15 is 0 Å². The molecule has 3 rings (SSSR count). The molecule has 0 atom stereocenters. The third-order valence-corrected chi connectivity index (χ3v) is 10.3. The number of fused-ring (bicyclic) bond motifs is 3. The van der Waals surface area contributed by atoms with Crippen molar-refractivity contribution in [1.82, 2.24) is 15.0 Å². The Morgan fingerprint density at radius 1 is 1.24 bits per heavy atom. The predicted octanol–water partition coefficient (Wildman–Crippen LogP) is 4.82. The van der Waals surface area contributed by atoms with Gasteiger partial charge in [0.25, 0.3) is 0 Å². The minimum Gasteiger partial charge on any atom is -0.417 e. The van der Waals surface area contributed by atoms with Crippen molar-refractivity contribution >= 4 is 47.8 Å². The average Bonchev–Trinajstić information content (AvgIpc) is 3.08. The van der Waals surface area contributed by atoms with Crippen molar-refractivity contribution in [2.75, 3.05) is 17.7 Å². The molecule has 1 amide bonds. The minimum atomic E-state index is -1.73. The van der Waals surface area contributed by atoms with E-state index in [0.29, 0.717) is 18.8 Å². The van der Waals surface area contributed by atoms with Gasteiger partial charge in [-0.2, -0.15) is 4.98 Å². The molecule has 0 saturated heterocycles. The molecule has 7 nitrogen and oxygen atoms in total. The van der Waals surface area contributed by atoms with Crippen LogP contribution in [0.4, 0.5) is 11.8 Å². The van der Waals surface area contributed by atoms with Crippen molar-refractivity contribution < 1.29 is 9.22 Å². The molecule has 0 fully saturated rings. The van der Waals surface area contributed by atoms with Gasteiger partial charge in [0.2, 0.25) is 5.91 Å². The highest BCUT2D eigenvalue weighted by atomic mass is 28.4. The number of anilines is 2. The molecule has 0 aliphatic rings. The van der Waals surface area contributed by atoms with E-state index in [1.54, 1.807) is 6.20 Å². The Balaban J connectivity index is 1.61. The standard InChI is InChI=1S/C21H31N5O2Si/c1-21(2,3)29(4,5)28-13-7-6-8-17(27)25-19-18-14-11-12-23-15(14)9-10-16(18)24-20(22)26-19/h9-12H,6-8,13H2,1-5H3,(H,25,27)(H3,22,24,26). The summed E-state index contributed by atoms with van der Waals surface area (Å²) in [6, 6.07) is 5.73. The summed E-state index contributed by atoms with van der Waals surface area (Å²) < 4.78 is 6.17. The highest BCUT2D eigenvalue weighted by Gasteiger charge is 2.36. The van der Waals surface area contributed by atoms with E-state index in [1.807, 2.05) is 18.2 Å². The summed E-state index contributed by atoms with van der Waals surface area (Å²) in [5, 5.41) is 4.88. The van der Waals surface area contributed by atoms with Crippen LogP contribution in [0.3, 0.4) is 0 Å². The second-order valence-corrected chi connectivity index (χ2v) is 13.8. The van der Waals surface area contributed by atoms with Gasteiger partial charge < -0.3 is 20.5 Å². The molecule has 0 aliphatic heterocycles. The Morgan fingerprint density at radius 3 is 2.72 bits per heavy atom. The first-order valence-corrected chi connectivity index (χ1v) is 13.0. The molecule has 3 aromatic rings. The number of hydrogen-bond donors (Lipinski definition) is 3. The average molecular weight is 414 g/mol. The number of aromatic nitrogens is 3. The number of carbonyl (C=O) groups excluding carboxylic acids is 1. The van der Waals surface area contributed by atoms with Crippen LogP contribution in [0.1, 0.15) is 40.0 Å². The molecule has 0 aliphatic carbocycles. The van der Waals surface area contributed by atoms with Gasteiger partial charge in [-0.15, -0.1) is 0 Å². The summed E-state index contributed by atoms with van der Waals surface area (Å²) in [6.45, 7) is 11.9. The second-order valence-electron chi connectivity index (χ2n) is 8.95. The molecule has 0 unspecified atom stereocenters. The van der Waals surface area contributed by atoms with Crippen LogP contribution in [0, 0.1) is 0 Å². The van der Waals surface area contributed by atoms with Crippen LogP contribution in [0.25, 0.3) is 21.8 Å². The highest BCUT2D eigenvalue weighted by molar-refractivity contribution is 6.74. The Labute approximate surface area is 172 Å². The zero-order chi connectivity index (χ0) is 21.2. The molecule has 29 heavy (non-hydrogen) atoms. The van der Waals surface area contributed by atoms with E-state index in [0.717, 1.165) is 34.6 Å². The number of rotatable bonds is 7. The summed E-state index contributed by atoms with van der Waals surface area (Å²) in [5.74, 6) is 0.653. The Bertz CT molecular complexity index is 1020. The zero-order valence-corrected chi connectivity index (χ0v) is 18.9. The Kier molecular flexibility index (Phi) is 5.95. The molecular weight excluding hydrogens is 382 g/mol. The molecule has 0 bridgehead atoms. The van der Waals surface area contributed by atoms with Gasteiger partial charge in [0.1, 0.15) is 5.82 Å². The number of amides is 1. The maximum atomic E-state index is 12.5. The van der Waals surface area contributed by atoms with E-state index in [1.165, 1.54) is 0 Å². The minimum absolute atomic E-state index is 0.0757. The predicted molar refractivity (Wildman–Crippen MR) is 121 cm³/mol. The van der Waals surface area contributed by atoms with E-state index in [2.05, 4.69) is 54.1 Å². The van der Waals surface area contributed by atoms with Crippen molar-refractivity contribution in [2.24, 2.45) is 0 Å². The lowest BCUT2D eigenvalue weighted by Crippen LogP contribution is -2.40. The number of hydrogen-bond acceptors (Lipinski definition) is 5. The maximum absolute atomic E-state index is 12.5. The second kappa shape index (κ2) is 8.12.